The van der Waals surface area contributed by atoms with E-state index in [1.165, 1.54) is 5.57 Å². The SMILES string of the molecule is COc1ccc([C@H]2OC[C@]3(COC(=O)c4ccccc4)[C@H](C)[C@@H]2C(C)=C[C@@H]3C)cc1. The lowest BCUT2D eigenvalue weighted by molar-refractivity contribution is -0.166. The van der Waals surface area contributed by atoms with Crippen LogP contribution in [0, 0.1) is 23.2 Å². The summed E-state index contributed by atoms with van der Waals surface area (Å²) in [6, 6.07) is 17.3. The van der Waals surface area contributed by atoms with E-state index in [2.05, 4.69) is 39.0 Å². The summed E-state index contributed by atoms with van der Waals surface area (Å²) in [6.45, 7) is 7.62. The molecule has 4 rings (SSSR count). The van der Waals surface area contributed by atoms with Crippen molar-refractivity contribution in [2.75, 3.05) is 20.3 Å². The zero-order valence-electron chi connectivity index (χ0n) is 18.1. The fraction of sp³-hybridized carbons (Fsp3) is 0.423. The third-order valence-electron chi connectivity index (χ3n) is 7.17. The Morgan fingerprint density at radius 1 is 1.10 bits per heavy atom. The number of fused-ring (bicyclic) bond motifs is 2. The van der Waals surface area contributed by atoms with E-state index in [0.717, 1.165) is 11.3 Å². The Morgan fingerprint density at radius 3 is 2.47 bits per heavy atom. The van der Waals surface area contributed by atoms with Gasteiger partial charge in [-0.05, 0) is 48.6 Å². The van der Waals surface area contributed by atoms with Crippen molar-refractivity contribution in [3.63, 3.8) is 0 Å². The maximum absolute atomic E-state index is 12.6. The van der Waals surface area contributed by atoms with Crippen LogP contribution in [0.5, 0.6) is 5.75 Å². The Hall–Kier alpha value is -2.59. The largest absolute Gasteiger partial charge is 0.497 e. The minimum Gasteiger partial charge on any atom is -0.497 e. The number of allylic oxidation sites excluding steroid dienone is 1. The molecule has 2 aromatic rings. The van der Waals surface area contributed by atoms with Gasteiger partial charge >= 0.3 is 5.97 Å². The van der Waals surface area contributed by atoms with Gasteiger partial charge < -0.3 is 14.2 Å². The van der Waals surface area contributed by atoms with Gasteiger partial charge in [-0.15, -0.1) is 0 Å². The molecule has 2 bridgehead atoms. The summed E-state index contributed by atoms with van der Waals surface area (Å²) in [6.07, 6.45) is 2.34. The number of carbonyl (C=O) groups excluding carboxylic acids is 1. The van der Waals surface area contributed by atoms with Crippen LogP contribution in [0.3, 0.4) is 0 Å². The minimum atomic E-state index is -0.274. The number of carbonyl (C=O) groups is 1. The molecule has 2 aromatic carbocycles. The van der Waals surface area contributed by atoms with E-state index in [1.807, 2.05) is 30.3 Å². The first-order valence-electron chi connectivity index (χ1n) is 10.6. The first kappa shape index (κ1) is 20.7. The second-order valence-corrected chi connectivity index (χ2v) is 8.69. The summed E-state index contributed by atoms with van der Waals surface area (Å²) in [5.74, 6) is 1.41. The lowest BCUT2D eigenvalue weighted by atomic mass is 9.56. The van der Waals surface area contributed by atoms with E-state index < -0.39 is 0 Å². The molecule has 2 aliphatic rings. The van der Waals surface area contributed by atoms with Crippen LogP contribution in [0.4, 0.5) is 0 Å². The minimum absolute atomic E-state index is 0.00685. The smallest absolute Gasteiger partial charge is 0.338 e. The molecule has 0 saturated carbocycles. The number of ether oxygens (including phenoxy) is 3. The molecule has 0 N–H and O–H groups in total. The highest BCUT2D eigenvalue weighted by atomic mass is 16.5. The normalized spacial score (nSPS) is 30.3. The third kappa shape index (κ3) is 3.54. The molecular formula is C26H30O4. The molecule has 0 unspecified atom stereocenters. The van der Waals surface area contributed by atoms with Gasteiger partial charge in [0.2, 0.25) is 0 Å². The van der Waals surface area contributed by atoms with Crippen molar-refractivity contribution in [2.24, 2.45) is 23.2 Å². The molecule has 0 amide bonds. The predicted molar refractivity (Wildman–Crippen MR) is 116 cm³/mol. The molecule has 1 aliphatic carbocycles. The van der Waals surface area contributed by atoms with Gasteiger partial charge in [-0.1, -0.05) is 55.8 Å². The average molecular weight is 407 g/mol. The van der Waals surface area contributed by atoms with Crippen molar-refractivity contribution >= 4 is 5.97 Å². The Kier molecular flexibility index (Phi) is 5.70. The summed E-state index contributed by atoms with van der Waals surface area (Å²) in [5.41, 5.74) is 2.86. The van der Waals surface area contributed by atoms with E-state index in [1.54, 1.807) is 19.2 Å². The average Bonchev–Trinajstić information content (AvgIpc) is 2.77. The van der Waals surface area contributed by atoms with E-state index in [9.17, 15) is 4.79 Å². The van der Waals surface area contributed by atoms with Gasteiger partial charge in [0, 0.05) is 11.3 Å². The summed E-state index contributed by atoms with van der Waals surface area (Å²) < 4.78 is 17.6. The topological polar surface area (TPSA) is 44.8 Å². The number of rotatable bonds is 5. The molecule has 1 aliphatic heterocycles. The summed E-state index contributed by atoms with van der Waals surface area (Å²) in [5, 5.41) is 0. The van der Waals surface area contributed by atoms with Gasteiger partial charge in [-0.3, -0.25) is 0 Å². The Balaban J connectivity index is 1.57. The Labute approximate surface area is 178 Å². The number of esters is 1. The van der Waals surface area contributed by atoms with Crippen molar-refractivity contribution in [1.29, 1.82) is 0 Å². The van der Waals surface area contributed by atoms with Crippen molar-refractivity contribution < 1.29 is 19.0 Å². The fourth-order valence-electron chi connectivity index (χ4n) is 5.21. The first-order valence-corrected chi connectivity index (χ1v) is 10.6. The second-order valence-electron chi connectivity index (χ2n) is 8.69. The second kappa shape index (κ2) is 8.27. The number of methoxy groups -OCH3 is 1. The highest BCUT2D eigenvalue weighted by Crippen LogP contribution is 2.56. The molecule has 0 radical (unpaired) electrons. The molecule has 0 spiro atoms. The first-order chi connectivity index (χ1) is 14.5. The van der Waals surface area contributed by atoms with Crippen molar-refractivity contribution in [3.8, 4) is 5.75 Å². The summed E-state index contributed by atoms with van der Waals surface area (Å²) in [7, 11) is 1.68. The van der Waals surface area contributed by atoms with Crippen LogP contribution in [-0.4, -0.2) is 26.3 Å². The van der Waals surface area contributed by atoms with E-state index in [0.29, 0.717) is 24.7 Å². The van der Waals surface area contributed by atoms with Gasteiger partial charge in [0.05, 0.1) is 25.4 Å². The third-order valence-corrected chi connectivity index (χ3v) is 7.17. The van der Waals surface area contributed by atoms with Crippen LogP contribution in [-0.2, 0) is 9.47 Å². The Morgan fingerprint density at radius 2 is 1.80 bits per heavy atom. The van der Waals surface area contributed by atoms with Crippen LogP contribution >= 0.6 is 0 Å². The summed E-state index contributed by atoms with van der Waals surface area (Å²) in [4.78, 5) is 12.6. The molecule has 5 atom stereocenters. The van der Waals surface area contributed by atoms with Gasteiger partial charge in [-0.2, -0.15) is 0 Å². The van der Waals surface area contributed by atoms with Crippen molar-refractivity contribution in [3.05, 3.63) is 77.4 Å². The molecular weight excluding hydrogens is 376 g/mol. The fourth-order valence-corrected chi connectivity index (χ4v) is 5.21. The molecule has 1 heterocycles. The van der Waals surface area contributed by atoms with Crippen LogP contribution in [0.2, 0.25) is 0 Å². The van der Waals surface area contributed by atoms with E-state index in [4.69, 9.17) is 14.2 Å². The van der Waals surface area contributed by atoms with Gasteiger partial charge in [0.1, 0.15) is 12.4 Å². The molecule has 4 heteroatoms. The lowest BCUT2D eigenvalue weighted by Crippen LogP contribution is -2.54. The predicted octanol–water partition coefficient (Wildman–Crippen LogP) is 5.46. The van der Waals surface area contributed by atoms with Crippen molar-refractivity contribution in [2.45, 2.75) is 26.9 Å². The molecule has 1 fully saturated rings. The van der Waals surface area contributed by atoms with Crippen LogP contribution < -0.4 is 4.74 Å². The molecule has 0 aromatic heterocycles. The van der Waals surface area contributed by atoms with Gasteiger partial charge in [0.15, 0.2) is 0 Å². The molecule has 1 saturated heterocycles. The van der Waals surface area contributed by atoms with E-state index in [-0.39, 0.29) is 29.3 Å². The van der Waals surface area contributed by atoms with E-state index >= 15 is 0 Å². The Bertz CT molecular complexity index is 918. The van der Waals surface area contributed by atoms with Gasteiger partial charge in [-0.25, -0.2) is 4.79 Å². The lowest BCUT2D eigenvalue weighted by Gasteiger charge is -2.55. The number of hydrogen-bond acceptors (Lipinski definition) is 4. The van der Waals surface area contributed by atoms with Crippen molar-refractivity contribution in [1.82, 2.24) is 0 Å². The molecule has 158 valence electrons. The zero-order valence-corrected chi connectivity index (χ0v) is 18.1. The van der Waals surface area contributed by atoms with Crippen LogP contribution in [0.25, 0.3) is 0 Å². The highest BCUT2D eigenvalue weighted by Gasteiger charge is 2.54. The quantitative estimate of drug-likeness (QED) is 0.489. The standard InChI is InChI=1S/C26H30O4/c1-17-14-18(2)26(16-30-25(27)21-8-6-5-7-9-21)15-29-24(23(17)19(26)3)20-10-12-22(28-4)13-11-20/h5-14,18-19,23-24H,15-16H2,1-4H3/t18-,19+,23-,24+,26+/m0/s1. The summed E-state index contributed by atoms with van der Waals surface area (Å²) >= 11 is 0. The maximum atomic E-state index is 12.6. The highest BCUT2D eigenvalue weighted by molar-refractivity contribution is 5.89. The van der Waals surface area contributed by atoms with Crippen LogP contribution in [0.15, 0.2) is 66.2 Å². The number of benzene rings is 2. The molecule has 4 nitrogen and oxygen atoms in total. The van der Waals surface area contributed by atoms with Crippen LogP contribution in [0.1, 0.15) is 42.8 Å². The zero-order chi connectivity index (χ0) is 21.3. The maximum Gasteiger partial charge on any atom is 0.338 e. The number of hydrogen-bond donors (Lipinski definition) is 0. The van der Waals surface area contributed by atoms with Gasteiger partial charge in [0.25, 0.3) is 0 Å². The molecule has 30 heavy (non-hydrogen) atoms. The monoisotopic (exact) mass is 406 g/mol.